The summed E-state index contributed by atoms with van der Waals surface area (Å²) in [6.07, 6.45) is 8.98. The van der Waals surface area contributed by atoms with Gasteiger partial charge in [-0.3, -0.25) is 0 Å². The summed E-state index contributed by atoms with van der Waals surface area (Å²) in [5.41, 5.74) is 1.56. The maximum atomic E-state index is 2.23. The summed E-state index contributed by atoms with van der Waals surface area (Å²) in [5, 5.41) is 0. The number of rotatable bonds is 3. The second-order valence-electron chi connectivity index (χ2n) is 3.01. The summed E-state index contributed by atoms with van der Waals surface area (Å²) in [6, 6.07) is 0. The zero-order valence-corrected chi connectivity index (χ0v) is 7.80. The topological polar surface area (TPSA) is 3.24 Å². The van der Waals surface area contributed by atoms with Gasteiger partial charge in [0.25, 0.3) is 0 Å². The van der Waals surface area contributed by atoms with Crippen molar-refractivity contribution < 1.29 is 0 Å². The largest absolute Gasteiger partial charge is 0.309 e. The zero-order chi connectivity index (χ0) is 7.40. The molecule has 1 aliphatic rings. The summed E-state index contributed by atoms with van der Waals surface area (Å²) in [5.74, 6) is 0. The van der Waals surface area contributed by atoms with Gasteiger partial charge in [-0.25, -0.2) is 0 Å². The average molecular weight is 144 g/mol. The van der Waals surface area contributed by atoms with Gasteiger partial charge in [0.1, 0.15) is 0 Å². The van der Waals surface area contributed by atoms with Gasteiger partial charge < -0.3 is 4.90 Å². The second-order valence-corrected chi connectivity index (χ2v) is 3.01. The molecular weight excluding hydrogens is 129 g/mol. The molecule has 0 fully saturated rings. The fourth-order valence-electron chi connectivity index (χ4n) is 1.04. The van der Waals surface area contributed by atoms with Crippen LogP contribution in [0.15, 0.2) is 23.8 Å². The Kier molecular flexibility index (Phi) is 5.68. The van der Waals surface area contributed by atoms with Crippen LogP contribution in [-0.2, 0) is 0 Å². The summed E-state index contributed by atoms with van der Waals surface area (Å²) < 4.78 is 0. The molecule has 1 nitrogen and oxygen atoms in total. The fourth-order valence-corrected chi connectivity index (χ4v) is 1.04. The van der Waals surface area contributed by atoms with Crippen molar-refractivity contribution in [2.24, 2.45) is 0 Å². The molecule has 0 bridgehead atoms. The quantitative estimate of drug-likeness (QED) is 0.542. The van der Waals surface area contributed by atoms with E-state index in [1.54, 1.807) is 5.57 Å². The smallest absolute Gasteiger partial charge is 0.00127 e. The molecule has 1 rings (SSSR count). The Morgan fingerprint density at radius 3 is 2.64 bits per heavy atom. The molecule has 0 unspecified atom stereocenters. The van der Waals surface area contributed by atoms with Crippen LogP contribution in [-0.4, -0.2) is 44.4 Å². The van der Waals surface area contributed by atoms with Crippen molar-refractivity contribution in [2.75, 3.05) is 20.6 Å². The third kappa shape index (κ3) is 4.47. The Morgan fingerprint density at radius 1 is 1.45 bits per heavy atom. The Bertz CT molecular complexity index is 159. The number of allylic oxidation sites excluding steroid dienone is 3. The van der Waals surface area contributed by atoms with Crippen molar-refractivity contribution in [3.8, 4) is 0 Å². The van der Waals surface area contributed by atoms with E-state index in [4.69, 9.17) is 0 Å². The van der Waals surface area contributed by atoms with Crippen LogP contribution in [0, 0.1) is 0 Å². The van der Waals surface area contributed by atoms with Gasteiger partial charge in [0.05, 0.1) is 0 Å². The Morgan fingerprint density at radius 2 is 2.18 bits per heavy atom. The van der Waals surface area contributed by atoms with Gasteiger partial charge in [-0.15, -0.1) is 0 Å². The van der Waals surface area contributed by atoms with Crippen LogP contribution in [0.5, 0.6) is 0 Å². The molecule has 0 atom stereocenters. The molecule has 11 heavy (non-hydrogen) atoms. The molecule has 0 heterocycles. The van der Waals surface area contributed by atoms with E-state index < -0.39 is 0 Å². The van der Waals surface area contributed by atoms with Crippen LogP contribution in [0.3, 0.4) is 0 Å². The standard InChI is InChI=1S/C9H15N.Li/c1-10(2)8-7-9-5-3-4-6-9;/h3-5H,6-8H2,1-2H3;. The van der Waals surface area contributed by atoms with Crippen molar-refractivity contribution in [2.45, 2.75) is 12.8 Å². The Labute approximate surface area is 81.3 Å². The summed E-state index contributed by atoms with van der Waals surface area (Å²) in [7, 11) is 4.23. The van der Waals surface area contributed by atoms with Gasteiger partial charge in [-0.2, -0.15) is 0 Å². The van der Waals surface area contributed by atoms with Crippen molar-refractivity contribution in [1.82, 2.24) is 4.90 Å². The zero-order valence-electron chi connectivity index (χ0n) is 7.80. The van der Waals surface area contributed by atoms with Gasteiger partial charge >= 0.3 is 0 Å². The van der Waals surface area contributed by atoms with Crippen molar-refractivity contribution >= 4 is 18.9 Å². The molecule has 0 saturated carbocycles. The van der Waals surface area contributed by atoms with Crippen LogP contribution in [0.2, 0.25) is 0 Å². The van der Waals surface area contributed by atoms with Crippen molar-refractivity contribution in [1.29, 1.82) is 0 Å². The SMILES string of the molecule is CN(C)CCC1=CC=CC1.[Li]. The van der Waals surface area contributed by atoms with E-state index in [9.17, 15) is 0 Å². The van der Waals surface area contributed by atoms with Gasteiger partial charge in [0.15, 0.2) is 0 Å². The minimum Gasteiger partial charge on any atom is -0.309 e. The number of nitrogens with zero attached hydrogens (tertiary/aromatic N) is 1. The number of hydrogen-bond donors (Lipinski definition) is 0. The van der Waals surface area contributed by atoms with Gasteiger partial charge in [0.2, 0.25) is 0 Å². The van der Waals surface area contributed by atoms with Crippen LogP contribution < -0.4 is 0 Å². The maximum absolute atomic E-state index is 2.23. The minimum atomic E-state index is 0. The predicted molar refractivity (Wildman–Crippen MR) is 50.8 cm³/mol. The molecule has 0 aromatic carbocycles. The molecule has 2 heteroatoms. The molecule has 1 radical (unpaired) electrons. The van der Waals surface area contributed by atoms with E-state index in [0.29, 0.717) is 0 Å². The van der Waals surface area contributed by atoms with Gasteiger partial charge in [0, 0.05) is 25.4 Å². The monoisotopic (exact) mass is 144 g/mol. The van der Waals surface area contributed by atoms with Gasteiger partial charge in [-0.05, 0) is 26.9 Å². The molecule has 0 aliphatic heterocycles. The number of hydrogen-bond acceptors (Lipinski definition) is 1. The van der Waals surface area contributed by atoms with Crippen molar-refractivity contribution in [3.05, 3.63) is 23.8 Å². The van der Waals surface area contributed by atoms with E-state index in [2.05, 4.69) is 37.2 Å². The average Bonchev–Trinajstić information content (AvgIpc) is 2.34. The van der Waals surface area contributed by atoms with E-state index in [1.165, 1.54) is 19.4 Å². The van der Waals surface area contributed by atoms with Crippen LogP contribution in [0.4, 0.5) is 0 Å². The summed E-state index contributed by atoms with van der Waals surface area (Å²) >= 11 is 0. The summed E-state index contributed by atoms with van der Waals surface area (Å²) in [4.78, 5) is 2.22. The third-order valence-corrected chi connectivity index (χ3v) is 1.73. The first-order valence-corrected chi connectivity index (χ1v) is 3.78. The molecule has 0 aromatic heterocycles. The third-order valence-electron chi connectivity index (χ3n) is 1.73. The second kappa shape index (κ2) is 5.66. The van der Waals surface area contributed by atoms with Crippen LogP contribution in [0.1, 0.15) is 12.8 Å². The maximum Gasteiger partial charge on any atom is 0.00127 e. The van der Waals surface area contributed by atoms with Crippen molar-refractivity contribution in [3.63, 3.8) is 0 Å². The molecule has 1 aliphatic carbocycles. The van der Waals surface area contributed by atoms with E-state index >= 15 is 0 Å². The molecule has 57 valence electrons. The fraction of sp³-hybridized carbons (Fsp3) is 0.556. The molecule has 0 N–H and O–H groups in total. The van der Waals surface area contributed by atoms with E-state index in [0.717, 1.165) is 0 Å². The first-order valence-electron chi connectivity index (χ1n) is 3.78. The molecule has 0 saturated heterocycles. The molecular formula is C9H15LiN. The molecule has 0 aromatic rings. The normalized spacial score (nSPS) is 15.0. The van der Waals surface area contributed by atoms with E-state index in [1.807, 2.05) is 0 Å². The summed E-state index contributed by atoms with van der Waals surface area (Å²) in [6.45, 7) is 1.17. The minimum absolute atomic E-state index is 0. The molecule has 0 amide bonds. The van der Waals surface area contributed by atoms with Gasteiger partial charge in [-0.1, -0.05) is 23.8 Å². The Hall–Kier alpha value is 0.0374. The van der Waals surface area contributed by atoms with Crippen LogP contribution in [0.25, 0.3) is 0 Å². The first-order chi connectivity index (χ1) is 4.79. The predicted octanol–water partition coefficient (Wildman–Crippen LogP) is 1.44. The molecule has 0 spiro atoms. The Balaban J connectivity index is 0.000001000. The first kappa shape index (κ1) is 11.0. The van der Waals surface area contributed by atoms with E-state index in [-0.39, 0.29) is 18.9 Å². The van der Waals surface area contributed by atoms with Crippen LogP contribution >= 0.6 is 0 Å².